The molecule has 0 bridgehead atoms. The fourth-order valence-electron chi connectivity index (χ4n) is 1.93. The summed E-state index contributed by atoms with van der Waals surface area (Å²) in [6.07, 6.45) is 0.775. The summed E-state index contributed by atoms with van der Waals surface area (Å²) in [6, 6.07) is 16.0. The van der Waals surface area contributed by atoms with Crippen LogP contribution in [0.3, 0.4) is 0 Å². The molecule has 2 aromatic carbocycles. The predicted molar refractivity (Wildman–Crippen MR) is 97.5 cm³/mol. The molecule has 1 amide bonds. The van der Waals surface area contributed by atoms with Gasteiger partial charge in [-0.1, -0.05) is 29.8 Å². The lowest BCUT2D eigenvalue weighted by molar-refractivity contribution is 0.0943. The molecule has 0 fully saturated rings. The predicted octanol–water partition coefficient (Wildman–Crippen LogP) is 2.56. The zero-order chi connectivity index (χ0) is 17.4. The van der Waals surface area contributed by atoms with Gasteiger partial charge in [-0.2, -0.15) is 5.26 Å². The summed E-state index contributed by atoms with van der Waals surface area (Å²) in [5.74, 6) is -0.367. The third-order valence-electron chi connectivity index (χ3n) is 3.16. The molecule has 0 aliphatic heterocycles. The molecular formula is C17H15ClN4OS. The fraction of sp³-hybridized carbons (Fsp3) is 0.118. The van der Waals surface area contributed by atoms with Crippen LogP contribution in [0.5, 0.6) is 0 Å². The van der Waals surface area contributed by atoms with Crippen molar-refractivity contribution in [3.63, 3.8) is 0 Å². The van der Waals surface area contributed by atoms with Crippen LogP contribution in [0, 0.1) is 11.3 Å². The van der Waals surface area contributed by atoms with Crippen LogP contribution in [0.2, 0.25) is 5.02 Å². The number of amides is 1. The highest BCUT2D eigenvalue weighted by Crippen LogP contribution is 2.09. The van der Waals surface area contributed by atoms with Crippen molar-refractivity contribution >= 4 is 34.8 Å². The summed E-state index contributed by atoms with van der Waals surface area (Å²) in [5.41, 5.74) is 7.05. The van der Waals surface area contributed by atoms with Gasteiger partial charge in [-0.15, -0.1) is 0 Å². The number of hydrazine groups is 1. The number of nitrogens with one attached hydrogen (secondary N) is 3. The molecule has 2 aromatic rings. The minimum Gasteiger partial charge on any atom is -0.361 e. The van der Waals surface area contributed by atoms with Gasteiger partial charge in [0, 0.05) is 17.1 Å². The molecule has 5 nitrogen and oxygen atoms in total. The van der Waals surface area contributed by atoms with Crippen LogP contribution in [0.25, 0.3) is 0 Å². The second-order valence-electron chi connectivity index (χ2n) is 4.90. The van der Waals surface area contributed by atoms with Gasteiger partial charge in [0.25, 0.3) is 5.91 Å². The first-order valence-corrected chi connectivity index (χ1v) is 7.96. The number of halogens is 1. The van der Waals surface area contributed by atoms with Gasteiger partial charge in [0.1, 0.15) is 0 Å². The number of nitriles is 1. The van der Waals surface area contributed by atoms with E-state index in [0.717, 1.165) is 12.0 Å². The van der Waals surface area contributed by atoms with Crippen LogP contribution in [-0.4, -0.2) is 17.6 Å². The van der Waals surface area contributed by atoms with E-state index < -0.39 is 0 Å². The third kappa shape index (κ3) is 5.54. The van der Waals surface area contributed by atoms with Crippen molar-refractivity contribution in [3.05, 3.63) is 70.2 Å². The Morgan fingerprint density at radius 1 is 1.17 bits per heavy atom. The first-order chi connectivity index (χ1) is 11.6. The van der Waals surface area contributed by atoms with Gasteiger partial charge in [-0.05, 0) is 54.5 Å². The first-order valence-electron chi connectivity index (χ1n) is 7.17. The summed E-state index contributed by atoms with van der Waals surface area (Å²) >= 11 is 10.9. The van der Waals surface area contributed by atoms with Gasteiger partial charge in [0.15, 0.2) is 5.11 Å². The van der Waals surface area contributed by atoms with Crippen molar-refractivity contribution in [1.82, 2.24) is 16.2 Å². The number of carbonyl (C=O) groups is 1. The summed E-state index contributed by atoms with van der Waals surface area (Å²) in [7, 11) is 0. The molecule has 0 aliphatic rings. The van der Waals surface area contributed by atoms with Gasteiger partial charge in [0.2, 0.25) is 0 Å². The van der Waals surface area contributed by atoms with Crippen LogP contribution in [-0.2, 0) is 6.42 Å². The average Bonchev–Trinajstić information content (AvgIpc) is 2.61. The van der Waals surface area contributed by atoms with E-state index in [1.807, 2.05) is 30.3 Å². The normalized spacial score (nSPS) is 9.67. The second-order valence-corrected chi connectivity index (χ2v) is 5.75. The lowest BCUT2D eigenvalue weighted by atomic mass is 10.1. The molecule has 0 aromatic heterocycles. The Balaban J connectivity index is 1.73. The summed E-state index contributed by atoms with van der Waals surface area (Å²) < 4.78 is 0. The maximum atomic E-state index is 12.0. The van der Waals surface area contributed by atoms with Crippen LogP contribution in [0.15, 0.2) is 48.5 Å². The maximum absolute atomic E-state index is 12.0. The smallest absolute Gasteiger partial charge is 0.269 e. The molecule has 0 spiro atoms. The van der Waals surface area contributed by atoms with E-state index in [4.69, 9.17) is 29.1 Å². The summed E-state index contributed by atoms with van der Waals surface area (Å²) in [6.45, 7) is 0.618. The molecule has 0 radical (unpaired) electrons. The van der Waals surface area contributed by atoms with E-state index in [2.05, 4.69) is 16.2 Å². The molecule has 0 unspecified atom stereocenters. The SMILES string of the molecule is N#Cc1cccc(C(=O)NNC(=S)NCCc2ccc(Cl)cc2)c1. The molecular weight excluding hydrogens is 344 g/mol. The van der Waals surface area contributed by atoms with E-state index in [1.54, 1.807) is 18.2 Å². The van der Waals surface area contributed by atoms with Gasteiger partial charge in [0.05, 0.1) is 11.6 Å². The largest absolute Gasteiger partial charge is 0.361 e. The average molecular weight is 359 g/mol. The number of thiocarbonyl (C=S) groups is 1. The molecule has 0 saturated carbocycles. The third-order valence-corrected chi connectivity index (χ3v) is 3.65. The molecule has 3 N–H and O–H groups in total. The zero-order valence-corrected chi connectivity index (χ0v) is 14.2. The van der Waals surface area contributed by atoms with E-state index >= 15 is 0 Å². The first kappa shape index (κ1) is 17.7. The van der Waals surface area contributed by atoms with Crippen molar-refractivity contribution in [3.8, 4) is 6.07 Å². The van der Waals surface area contributed by atoms with E-state index in [-0.39, 0.29) is 5.91 Å². The van der Waals surface area contributed by atoms with Crippen molar-refractivity contribution in [2.24, 2.45) is 0 Å². The summed E-state index contributed by atoms with van der Waals surface area (Å²) in [4.78, 5) is 12.0. The number of hydrogen-bond donors (Lipinski definition) is 3. The van der Waals surface area contributed by atoms with E-state index in [9.17, 15) is 4.79 Å². The molecule has 0 saturated heterocycles. The Hall–Kier alpha value is -2.62. The van der Waals surface area contributed by atoms with E-state index in [0.29, 0.717) is 27.8 Å². The molecule has 7 heteroatoms. The minimum atomic E-state index is -0.367. The highest BCUT2D eigenvalue weighted by molar-refractivity contribution is 7.80. The lowest BCUT2D eigenvalue weighted by Crippen LogP contribution is -2.47. The van der Waals surface area contributed by atoms with Crippen molar-refractivity contribution in [2.45, 2.75) is 6.42 Å². The molecule has 0 atom stereocenters. The highest BCUT2D eigenvalue weighted by atomic mass is 35.5. The highest BCUT2D eigenvalue weighted by Gasteiger charge is 2.06. The lowest BCUT2D eigenvalue weighted by Gasteiger charge is -2.11. The van der Waals surface area contributed by atoms with E-state index in [1.165, 1.54) is 6.07 Å². The molecule has 0 aliphatic carbocycles. The Bertz CT molecular complexity index is 771. The number of benzene rings is 2. The quantitative estimate of drug-likeness (QED) is 0.578. The topological polar surface area (TPSA) is 77.0 Å². The van der Waals surface area contributed by atoms with Crippen LogP contribution < -0.4 is 16.2 Å². The molecule has 0 heterocycles. The number of carbonyl (C=O) groups excluding carboxylic acids is 1. The Morgan fingerprint density at radius 3 is 2.62 bits per heavy atom. The monoisotopic (exact) mass is 358 g/mol. The van der Waals surface area contributed by atoms with Crippen LogP contribution in [0.4, 0.5) is 0 Å². The second kappa shape index (κ2) is 8.87. The van der Waals surface area contributed by atoms with Gasteiger partial charge >= 0.3 is 0 Å². The molecule has 122 valence electrons. The Morgan fingerprint density at radius 2 is 1.92 bits per heavy atom. The van der Waals surface area contributed by atoms with Crippen LogP contribution in [0.1, 0.15) is 21.5 Å². The van der Waals surface area contributed by atoms with Gasteiger partial charge in [-0.3, -0.25) is 15.6 Å². The maximum Gasteiger partial charge on any atom is 0.269 e. The van der Waals surface area contributed by atoms with Crippen molar-refractivity contribution in [1.29, 1.82) is 5.26 Å². The van der Waals surface area contributed by atoms with Gasteiger partial charge < -0.3 is 5.32 Å². The standard InChI is InChI=1S/C17H15ClN4OS/c18-15-6-4-12(5-7-15)8-9-20-17(24)22-21-16(23)14-3-1-2-13(10-14)11-19/h1-7,10H,8-9H2,(H,21,23)(H2,20,22,24). The zero-order valence-electron chi connectivity index (χ0n) is 12.7. The number of hydrogen-bond acceptors (Lipinski definition) is 3. The van der Waals surface area contributed by atoms with Crippen molar-refractivity contribution in [2.75, 3.05) is 6.54 Å². The summed E-state index contributed by atoms with van der Waals surface area (Å²) in [5, 5.41) is 12.8. The fourth-order valence-corrected chi connectivity index (χ4v) is 2.21. The minimum absolute atomic E-state index is 0.314. The van der Waals surface area contributed by atoms with Crippen LogP contribution >= 0.6 is 23.8 Å². The number of nitrogens with zero attached hydrogens (tertiary/aromatic N) is 1. The Labute approximate surface area is 150 Å². The van der Waals surface area contributed by atoms with Crippen molar-refractivity contribution < 1.29 is 4.79 Å². The van der Waals surface area contributed by atoms with Gasteiger partial charge in [-0.25, -0.2) is 0 Å². The molecule has 24 heavy (non-hydrogen) atoms. The Kier molecular flexibility index (Phi) is 6.55. The molecule has 2 rings (SSSR count). The number of rotatable bonds is 4.